The highest BCUT2D eigenvalue weighted by atomic mass is 16.5. The molecule has 3 heteroatoms. The molecular weight excluding hydrogens is 236 g/mol. The number of aryl methyl sites for hydroxylation is 2. The Labute approximate surface area is 117 Å². The highest BCUT2D eigenvalue weighted by molar-refractivity contribution is 5.45. The molecule has 0 saturated carbocycles. The van der Waals surface area contributed by atoms with Gasteiger partial charge >= 0.3 is 0 Å². The Morgan fingerprint density at radius 3 is 2.37 bits per heavy atom. The van der Waals surface area contributed by atoms with Gasteiger partial charge in [-0.15, -0.1) is 0 Å². The molecule has 0 aromatic heterocycles. The molecule has 1 aromatic rings. The molecule has 0 amide bonds. The van der Waals surface area contributed by atoms with E-state index < -0.39 is 0 Å². The van der Waals surface area contributed by atoms with Crippen LogP contribution in [0.5, 0.6) is 5.75 Å². The van der Waals surface area contributed by atoms with E-state index in [2.05, 4.69) is 51.9 Å². The predicted octanol–water partition coefficient (Wildman–Crippen LogP) is 2.90. The van der Waals surface area contributed by atoms with Gasteiger partial charge in [-0.3, -0.25) is 0 Å². The van der Waals surface area contributed by atoms with Gasteiger partial charge in [0.15, 0.2) is 0 Å². The Morgan fingerprint density at radius 2 is 1.89 bits per heavy atom. The number of nitrogens with zero attached hydrogens (tertiary/aromatic N) is 1. The van der Waals surface area contributed by atoms with Crippen LogP contribution in [-0.2, 0) is 0 Å². The lowest BCUT2D eigenvalue weighted by Crippen LogP contribution is -2.25. The number of ether oxygens (including phenoxy) is 1. The number of benzene rings is 1. The van der Waals surface area contributed by atoms with Crippen LogP contribution in [0.3, 0.4) is 0 Å². The van der Waals surface area contributed by atoms with Crippen LogP contribution < -0.4 is 10.5 Å². The van der Waals surface area contributed by atoms with Gasteiger partial charge in [-0.25, -0.2) is 0 Å². The molecule has 0 fully saturated rings. The van der Waals surface area contributed by atoms with Gasteiger partial charge in [0.25, 0.3) is 0 Å². The highest BCUT2D eigenvalue weighted by Crippen LogP contribution is 2.35. The molecule has 0 heterocycles. The zero-order chi connectivity index (χ0) is 14.6. The van der Waals surface area contributed by atoms with E-state index in [0.29, 0.717) is 12.0 Å². The van der Waals surface area contributed by atoms with Crippen LogP contribution in [-0.4, -0.2) is 32.6 Å². The molecule has 0 aliphatic rings. The van der Waals surface area contributed by atoms with Gasteiger partial charge < -0.3 is 15.4 Å². The Morgan fingerprint density at radius 1 is 1.26 bits per heavy atom. The number of methoxy groups -OCH3 is 1. The topological polar surface area (TPSA) is 38.5 Å². The maximum atomic E-state index is 5.78. The van der Waals surface area contributed by atoms with Crippen LogP contribution in [0.2, 0.25) is 0 Å². The molecule has 0 aliphatic carbocycles. The Kier molecular flexibility index (Phi) is 5.83. The molecule has 19 heavy (non-hydrogen) atoms. The minimum Gasteiger partial charge on any atom is -0.496 e. The predicted molar refractivity (Wildman–Crippen MR) is 81.7 cm³/mol. The number of nitrogens with two attached hydrogens (primary N) is 1. The van der Waals surface area contributed by atoms with Crippen LogP contribution >= 0.6 is 0 Å². The lowest BCUT2D eigenvalue weighted by molar-refractivity contribution is 0.248. The van der Waals surface area contributed by atoms with E-state index in [1.165, 1.54) is 16.7 Å². The van der Waals surface area contributed by atoms with E-state index in [0.717, 1.165) is 18.7 Å². The summed E-state index contributed by atoms with van der Waals surface area (Å²) in [6.07, 6.45) is 1.04. The molecule has 0 aliphatic heterocycles. The van der Waals surface area contributed by atoms with Gasteiger partial charge in [-0.1, -0.05) is 24.6 Å². The van der Waals surface area contributed by atoms with Gasteiger partial charge in [0.1, 0.15) is 5.75 Å². The number of rotatable bonds is 6. The summed E-state index contributed by atoms with van der Waals surface area (Å²) in [4.78, 5) is 2.25. The molecule has 0 saturated heterocycles. The van der Waals surface area contributed by atoms with E-state index in [4.69, 9.17) is 10.5 Å². The second kappa shape index (κ2) is 6.92. The van der Waals surface area contributed by atoms with E-state index in [1.807, 2.05) is 0 Å². The smallest absolute Gasteiger partial charge is 0.126 e. The largest absolute Gasteiger partial charge is 0.496 e. The third kappa shape index (κ3) is 3.95. The van der Waals surface area contributed by atoms with Crippen molar-refractivity contribution in [3.63, 3.8) is 0 Å². The molecule has 108 valence electrons. The molecule has 0 spiro atoms. The van der Waals surface area contributed by atoms with Gasteiger partial charge in [-0.05, 0) is 52.4 Å². The van der Waals surface area contributed by atoms with Crippen molar-refractivity contribution < 1.29 is 4.74 Å². The summed E-state index contributed by atoms with van der Waals surface area (Å²) < 4.78 is 5.62. The van der Waals surface area contributed by atoms with Crippen molar-refractivity contribution in [3.05, 3.63) is 28.8 Å². The second-order valence-corrected chi connectivity index (χ2v) is 5.76. The zero-order valence-corrected chi connectivity index (χ0v) is 13.2. The normalized spacial score (nSPS) is 14.5. The molecule has 1 aromatic carbocycles. The average Bonchev–Trinajstić information content (AvgIpc) is 2.34. The average molecular weight is 264 g/mol. The Bertz CT molecular complexity index is 415. The molecule has 0 radical (unpaired) electrons. The van der Waals surface area contributed by atoms with E-state index in [-0.39, 0.29) is 0 Å². The second-order valence-electron chi connectivity index (χ2n) is 5.76. The summed E-state index contributed by atoms with van der Waals surface area (Å²) in [7, 11) is 5.98. The lowest BCUT2D eigenvalue weighted by Gasteiger charge is -2.29. The van der Waals surface area contributed by atoms with Crippen molar-refractivity contribution in [2.45, 2.75) is 33.2 Å². The highest BCUT2D eigenvalue weighted by Gasteiger charge is 2.22. The van der Waals surface area contributed by atoms with Crippen LogP contribution in [0.4, 0.5) is 0 Å². The molecular formula is C16H28N2O. The summed E-state index contributed by atoms with van der Waals surface area (Å²) in [6, 6.07) is 4.74. The lowest BCUT2D eigenvalue weighted by atomic mass is 9.92. The zero-order valence-electron chi connectivity index (χ0n) is 13.2. The number of hydrogen-bond acceptors (Lipinski definition) is 3. The molecule has 2 unspecified atom stereocenters. The fourth-order valence-corrected chi connectivity index (χ4v) is 2.61. The number of hydrogen-bond donors (Lipinski definition) is 1. The maximum absolute atomic E-state index is 5.78. The van der Waals surface area contributed by atoms with Crippen molar-refractivity contribution >= 4 is 0 Å². The van der Waals surface area contributed by atoms with Crippen molar-refractivity contribution in [2.24, 2.45) is 11.7 Å². The van der Waals surface area contributed by atoms with Crippen LogP contribution in [0.1, 0.15) is 36.1 Å². The summed E-state index contributed by atoms with van der Waals surface area (Å²) >= 11 is 0. The quantitative estimate of drug-likeness (QED) is 0.858. The van der Waals surface area contributed by atoms with E-state index in [1.54, 1.807) is 7.11 Å². The minimum absolute atomic E-state index is 0.340. The maximum Gasteiger partial charge on any atom is 0.126 e. The molecule has 1 rings (SSSR count). The first kappa shape index (κ1) is 16.0. The monoisotopic (exact) mass is 264 g/mol. The first-order chi connectivity index (χ1) is 8.90. The van der Waals surface area contributed by atoms with Gasteiger partial charge in [0.2, 0.25) is 0 Å². The van der Waals surface area contributed by atoms with Gasteiger partial charge in [-0.2, -0.15) is 0 Å². The van der Waals surface area contributed by atoms with Gasteiger partial charge in [0.05, 0.1) is 7.11 Å². The minimum atomic E-state index is 0.340. The SMILES string of the molecule is COc1c(C)cc(C)cc1C(CC(C)CN)N(C)C. The Balaban J connectivity index is 3.21. The van der Waals surface area contributed by atoms with Gasteiger partial charge in [0, 0.05) is 11.6 Å². The van der Waals surface area contributed by atoms with Crippen LogP contribution in [0.25, 0.3) is 0 Å². The third-order valence-corrected chi connectivity index (χ3v) is 3.66. The molecule has 2 N–H and O–H groups in total. The summed E-state index contributed by atoms with van der Waals surface area (Å²) in [5.41, 5.74) is 9.53. The fourth-order valence-electron chi connectivity index (χ4n) is 2.61. The Hall–Kier alpha value is -1.06. The van der Waals surface area contributed by atoms with Crippen molar-refractivity contribution in [1.29, 1.82) is 0 Å². The molecule has 3 nitrogen and oxygen atoms in total. The van der Waals surface area contributed by atoms with Crippen LogP contribution in [0.15, 0.2) is 12.1 Å². The van der Waals surface area contributed by atoms with Crippen molar-refractivity contribution in [2.75, 3.05) is 27.7 Å². The summed E-state index contributed by atoms with van der Waals surface area (Å²) in [5, 5.41) is 0. The van der Waals surface area contributed by atoms with Crippen molar-refractivity contribution in [3.8, 4) is 5.75 Å². The van der Waals surface area contributed by atoms with Crippen LogP contribution in [0, 0.1) is 19.8 Å². The van der Waals surface area contributed by atoms with Crippen molar-refractivity contribution in [1.82, 2.24) is 4.90 Å². The fraction of sp³-hybridized carbons (Fsp3) is 0.625. The van der Waals surface area contributed by atoms with E-state index in [9.17, 15) is 0 Å². The van der Waals surface area contributed by atoms with E-state index >= 15 is 0 Å². The molecule has 0 bridgehead atoms. The summed E-state index contributed by atoms with van der Waals surface area (Å²) in [6.45, 7) is 7.16. The first-order valence-corrected chi connectivity index (χ1v) is 6.92. The third-order valence-electron chi connectivity index (χ3n) is 3.66. The summed E-state index contributed by atoms with van der Waals surface area (Å²) in [5.74, 6) is 1.51. The standard InChI is InChI=1S/C16H28N2O/c1-11-7-13(3)16(19-6)14(8-11)15(18(4)5)9-12(2)10-17/h7-8,12,15H,9-10,17H2,1-6H3. The molecule has 2 atom stereocenters. The first-order valence-electron chi connectivity index (χ1n) is 6.92.